The van der Waals surface area contributed by atoms with Gasteiger partial charge in [-0.3, -0.25) is 0 Å². The Balaban J connectivity index is 2.39. The number of aliphatic hydroxyl groups excluding tert-OH is 1. The maximum Gasteiger partial charge on any atom is 0.358 e. The van der Waals surface area contributed by atoms with E-state index in [-0.39, 0.29) is 12.3 Å². The number of carbonyl (C=O) groups excluding carboxylic acids is 1. The molecule has 0 radical (unpaired) electrons. The number of benzene rings is 1. The summed E-state index contributed by atoms with van der Waals surface area (Å²) in [6.07, 6.45) is 0. The van der Waals surface area contributed by atoms with Crippen molar-refractivity contribution < 1.29 is 14.6 Å². The average Bonchev–Trinajstić information content (AvgIpc) is 2.84. The molecular formula is C14H16N2O3. The molecule has 0 bridgehead atoms. The molecule has 0 spiro atoms. The zero-order chi connectivity index (χ0) is 13.8. The molecule has 0 aliphatic rings. The molecule has 19 heavy (non-hydrogen) atoms. The Morgan fingerprint density at radius 2 is 2.05 bits per heavy atom. The molecule has 0 saturated heterocycles. The van der Waals surface area contributed by atoms with Gasteiger partial charge in [-0.2, -0.15) is 5.10 Å². The molecule has 1 aromatic heterocycles. The predicted molar refractivity (Wildman–Crippen MR) is 70.2 cm³/mol. The van der Waals surface area contributed by atoms with Gasteiger partial charge in [0.2, 0.25) is 0 Å². The number of nitrogens with zero attached hydrogens (tertiary/aromatic N) is 2. The second kappa shape index (κ2) is 5.67. The molecule has 1 N–H and O–H groups in total. The lowest BCUT2D eigenvalue weighted by atomic mass is 10.2. The highest BCUT2D eigenvalue weighted by molar-refractivity contribution is 5.87. The first-order valence-corrected chi connectivity index (χ1v) is 6.09. The number of esters is 1. The molecular weight excluding hydrogens is 244 g/mol. The van der Waals surface area contributed by atoms with Gasteiger partial charge < -0.3 is 9.84 Å². The second-order valence-electron chi connectivity index (χ2n) is 4.15. The Hall–Kier alpha value is -2.14. The first-order chi connectivity index (χ1) is 9.15. The Bertz CT molecular complexity index is 573. The molecule has 1 heterocycles. The summed E-state index contributed by atoms with van der Waals surface area (Å²) in [5.41, 5.74) is 2.68. The molecule has 2 aromatic rings. The molecule has 5 heteroatoms. The average molecular weight is 260 g/mol. The van der Waals surface area contributed by atoms with E-state index in [0.29, 0.717) is 12.3 Å². The highest BCUT2D eigenvalue weighted by Crippen LogP contribution is 2.14. The van der Waals surface area contributed by atoms with Crippen molar-refractivity contribution in [1.29, 1.82) is 0 Å². The van der Waals surface area contributed by atoms with Crippen LogP contribution in [0.1, 0.15) is 28.7 Å². The van der Waals surface area contributed by atoms with Crippen LogP contribution in [-0.2, 0) is 11.3 Å². The van der Waals surface area contributed by atoms with Crippen LogP contribution in [0.2, 0.25) is 0 Å². The van der Waals surface area contributed by atoms with E-state index in [1.165, 1.54) is 6.07 Å². The Labute approximate surface area is 111 Å². The van der Waals surface area contributed by atoms with Crippen molar-refractivity contribution in [2.24, 2.45) is 0 Å². The second-order valence-corrected chi connectivity index (χ2v) is 4.15. The number of rotatable bonds is 4. The molecule has 0 unspecified atom stereocenters. The SMILES string of the molecule is CCOC(=O)c1cc(CO)n(-c2ccc(C)cc2)n1. The maximum atomic E-state index is 11.6. The minimum absolute atomic E-state index is 0.194. The summed E-state index contributed by atoms with van der Waals surface area (Å²) in [5.74, 6) is -0.483. The summed E-state index contributed by atoms with van der Waals surface area (Å²) in [7, 11) is 0. The third kappa shape index (κ3) is 2.82. The summed E-state index contributed by atoms with van der Waals surface area (Å²) in [6.45, 7) is 3.83. The van der Waals surface area contributed by atoms with Gasteiger partial charge in [0.15, 0.2) is 5.69 Å². The number of hydrogen-bond donors (Lipinski definition) is 1. The lowest BCUT2D eigenvalue weighted by Crippen LogP contribution is -2.07. The third-order valence-electron chi connectivity index (χ3n) is 2.71. The van der Waals surface area contributed by atoms with Crippen LogP contribution in [-0.4, -0.2) is 27.5 Å². The van der Waals surface area contributed by atoms with E-state index in [2.05, 4.69) is 5.10 Å². The Morgan fingerprint density at radius 1 is 1.37 bits per heavy atom. The smallest absolute Gasteiger partial charge is 0.358 e. The highest BCUT2D eigenvalue weighted by atomic mass is 16.5. The largest absolute Gasteiger partial charge is 0.461 e. The minimum atomic E-state index is -0.483. The van der Waals surface area contributed by atoms with Crippen LogP contribution in [0.5, 0.6) is 0 Å². The van der Waals surface area contributed by atoms with E-state index < -0.39 is 5.97 Å². The number of aromatic nitrogens is 2. The Morgan fingerprint density at radius 3 is 2.63 bits per heavy atom. The zero-order valence-electron chi connectivity index (χ0n) is 11.0. The van der Waals surface area contributed by atoms with Gasteiger partial charge in [-0.15, -0.1) is 0 Å². The fraction of sp³-hybridized carbons (Fsp3) is 0.286. The van der Waals surface area contributed by atoms with Crippen molar-refractivity contribution in [2.45, 2.75) is 20.5 Å². The van der Waals surface area contributed by atoms with Crippen molar-refractivity contribution >= 4 is 5.97 Å². The fourth-order valence-corrected chi connectivity index (χ4v) is 1.75. The number of aliphatic hydroxyl groups is 1. The van der Waals surface area contributed by atoms with Gasteiger partial charge in [0.25, 0.3) is 0 Å². The van der Waals surface area contributed by atoms with Crippen LogP contribution in [0.25, 0.3) is 5.69 Å². The van der Waals surface area contributed by atoms with Crippen LogP contribution in [0.4, 0.5) is 0 Å². The molecule has 0 saturated carbocycles. The lowest BCUT2D eigenvalue weighted by Gasteiger charge is -2.05. The summed E-state index contributed by atoms with van der Waals surface area (Å²) >= 11 is 0. The minimum Gasteiger partial charge on any atom is -0.461 e. The van der Waals surface area contributed by atoms with E-state index in [4.69, 9.17) is 4.74 Å². The first kappa shape index (κ1) is 13.3. The van der Waals surface area contributed by atoms with E-state index in [1.54, 1.807) is 11.6 Å². The molecule has 100 valence electrons. The Kier molecular flexibility index (Phi) is 3.97. The van der Waals surface area contributed by atoms with Gasteiger partial charge in [-0.05, 0) is 32.0 Å². The standard InChI is InChI=1S/C14H16N2O3/c1-3-19-14(18)13-8-12(9-17)16(15-13)11-6-4-10(2)5-7-11/h4-8,17H,3,9H2,1-2H3. The van der Waals surface area contributed by atoms with Crippen molar-refractivity contribution in [3.63, 3.8) is 0 Å². The quantitative estimate of drug-likeness (QED) is 0.852. The van der Waals surface area contributed by atoms with Crippen LogP contribution < -0.4 is 0 Å². The van der Waals surface area contributed by atoms with E-state index in [0.717, 1.165) is 11.3 Å². The van der Waals surface area contributed by atoms with Crippen LogP contribution in [0.3, 0.4) is 0 Å². The number of carbonyl (C=O) groups is 1. The zero-order valence-corrected chi connectivity index (χ0v) is 11.0. The monoisotopic (exact) mass is 260 g/mol. The third-order valence-corrected chi connectivity index (χ3v) is 2.71. The summed E-state index contributed by atoms with van der Waals surface area (Å²) < 4.78 is 6.45. The molecule has 0 aliphatic carbocycles. The summed E-state index contributed by atoms with van der Waals surface area (Å²) in [4.78, 5) is 11.6. The van der Waals surface area contributed by atoms with Crippen molar-refractivity contribution in [1.82, 2.24) is 9.78 Å². The number of ether oxygens (including phenoxy) is 1. The lowest BCUT2D eigenvalue weighted by molar-refractivity contribution is 0.0519. The maximum absolute atomic E-state index is 11.6. The van der Waals surface area contributed by atoms with E-state index in [1.807, 2.05) is 31.2 Å². The van der Waals surface area contributed by atoms with E-state index >= 15 is 0 Å². The number of hydrogen-bond acceptors (Lipinski definition) is 4. The molecule has 1 aromatic carbocycles. The van der Waals surface area contributed by atoms with Gasteiger partial charge in [-0.1, -0.05) is 17.7 Å². The van der Waals surface area contributed by atoms with Crippen LogP contribution >= 0.6 is 0 Å². The van der Waals surface area contributed by atoms with E-state index in [9.17, 15) is 9.90 Å². The first-order valence-electron chi connectivity index (χ1n) is 6.09. The van der Waals surface area contributed by atoms with Gasteiger partial charge in [0.05, 0.1) is 24.6 Å². The number of aryl methyl sites for hydroxylation is 1. The molecule has 5 nitrogen and oxygen atoms in total. The van der Waals surface area contributed by atoms with Crippen molar-refractivity contribution in [3.05, 3.63) is 47.3 Å². The predicted octanol–water partition coefficient (Wildman–Crippen LogP) is 1.85. The van der Waals surface area contributed by atoms with Crippen LogP contribution in [0.15, 0.2) is 30.3 Å². The summed E-state index contributed by atoms with van der Waals surface area (Å²) in [5, 5.41) is 13.5. The summed E-state index contributed by atoms with van der Waals surface area (Å²) in [6, 6.07) is 9.20. The van der Waals surface area contributed by atoms with Gasteiger partial charge >= 0.3 is 5.97 Å². The topological polar surface area (TPSA) is 64.3 Å². The van der Waals surface area contributed by atoms with Gasteiger partial charge in [0, 0.05) is 0 Å². The van der Waals surface area contributed by atoms with Crippen molar-refractivity contribution in [2.75, 3.05) is 6.61 Å². The highest BCUT2D eigenvalue weighted by Gasteiger charge is 2.15. The van der Waals surface area contributed by atoms with Gasteiger partial charge in [-0.25, -0.2) is 9.48 Å². The molecule has 0 atom stereocenters. The van der Waals surface area contributed by atoms with Crippen LogP contribution in [0, 0.1) is 6.92 Å². The van der Waals surface area contributed by atoms with Gasteiger partial charge in [0.1, 0.15) is 0 Å². The molecule has 0 aliphatic heterocycles. The molecule has 0 fully saturated rings. The molecule has 2 rings (SSSR count). The van der Waals surface area contributed by atoms with Crippen molar-refractivity contribution in [3.8, 4) is 5.69 Å². The normalized spacial score (nSPS) is 10.5. The fourth-order valence-electron chi connectivity index (χ4n) is 1.75. The molecule has 0 amide bonds.